The van der Waals surface area contributed by atoms with Crippen LogP contribution in [0.15, 0.2) is 36.4 Å². The monoisotopic (exact) mass is 466 g/mol. The molecule has 34 heavy (non-hydrogen) atoms. The lowest BCUT2D eigenvalue weighted by atomic mass is 9.85. The van der Waals surface area contributed by atoms with Gasteiger partial charge in [0.2, 0.25) is 6.41 Å². The topological polar surface area (TPSA) is 59.4 Å². The summed E-state index contributed by atoms with van der Waals surface area (Å²) in [6.45, 7) is 4.61. The molecular weight excluding hydrogens is 438 g/mol. The second-order valence-electron chi connectivity index (χ2n) is 8.92. The summed E-state index contributed by atoms with van der Waals surface area (Å²) in [5.74, 6) is 7.20. The average Bonchev–Trinajstić information content (AvgIpc) is 3.14. The highest BCUT2D eigenvalue weighted by Crippen LogP contribution is 2.36. The second kappa shape index (κ2) is 9.43. The fourth-order valence-electron chi connectivity index (χ4n) is 4.28. The lowest BCUT2D eigenvalue weighted by Crippen LogP contribution is -2.50. The third-order valence-corrected chi connectivity index (χ3v) is 6.20. The van der Waals surface area contributed by atoms with Crippen LogP contribution in [0, 0.1) is 24.2 Å². The van der Waals surface area contributed by atoms with E-state index in [4.69, 9.17) is 9.72 Å². The van der Waals surface area contributed by atoms with Crippen LogP contribution in [-0.4, -0.2) is 47.6 Å². The molecule has 1 amide bonds. The van der Waals surface area contributed by atoms with E-state index in [0.717, 1.165) is 30.6 Å². The molecule has 1 fully saturated rings. The first-order valence-corrected chi connectivity index (χ1v) is 11.2. The van der Waals surface area contributed by atoms with Gasteiger partial charge in [0.25, 0.3) is 0 Å². The zero-order valence-corrected chi connectivity index (χ0v) is 19.7. The summed E-state index contributed by atoms with van der Waals surface area (Å²) in [5, 5.41) is 3.24. The van der Waals surface area contributed by atoms with Crippen LogP contribution < -0.4 is 10.1 Å². The summed E-state index contributed by atoms with van der Waals surface area (Å²) in [5.41, 5.74) is 3.35. The van der Waals surface area contributed by atoms with Gasteiger partial charge < -0.3 is 15.0 Å². The van der Waals surface area contributed by atoms with Gasteiger partial charge in [-0.25, -0.2) is 4.98 Å². The molecule has 8 heteroatoms. The number of nitrogens with one attached hydrogen (secondary N) is 1. The van der Waals surface area contributed by atoms with Gasteiger partial charge in [-0.1, -0.05) is 30.9 Å². The molecule has 2 aromatic carbocycles. The summed E-state index contributed by atoms with van der Waals surface area (Å²) >= 11 is 0. The minimum Gasteiger partial charge on any atom is -0.433 e. The van der Waals surface area contributed by atoms with E-state index in [2.05, 4.69) is 24.1 Å². The van der Waals surface area contributed by atoms with Gasteiger partial charge in [0.1, 0.15) is 11.6 Å². The van der Waals surface area contributed by atoms with Gasteiger partial charge in [-0.15, -0.1) is 0 Å². The van der Waals surface area contributed by atoms with Gasteiger partial charge in [0.05, 0.1) is 28.2 Å². The van der Waals surface area contributed by atoms with E-state index in [1.807, 2.05) is 42.7 Å². The highest BCUT2D eigenvalue weighted by Gasteiger charge is 2.29. The summed E-state index contributed by atoms with van der Waals surface area (Å²) in [6, 6.07) is 10.4. The first-order valence-electron chi connectivity index (χ1n) is 11.2. The maximum Gasteiger partial charge on any atom is 0.387 e. The lowest BCUT2D eigenvalue weighted by Gasteiger charge is -2.34. The van der Waals surface area contributed by atoms with Crippen LogP contribution in [0.25, 0.3) is 16.7 Å². The normalized spacial score (nSPS) is 15.4. The van der Waals surface area contributed by atoms with E-state index in [1.54, 1.807) is 13.1 Å². The van der Waals surface area contributed by atoms with Gasteiger partial charge >= 0.3 is 6.61 Å². The number of benzene rings is 2. The molecule has 3 aromatic rings. The lowest BCUT2D eigenvalue weighted by molar-refractivity contribution is -0.119. The predicted molar refractivity (Wildman–Crippen MR) is 127 cm³/mol. The van der Waals surface area contributed by atoms with Crippen LogP contribution in [0.4, 0.5) is 8.78 Å². The van der Waals surface area contributed by atoms with E-state index in [-0.39, 0.29) is 17.2 Å². The van der Waals surface area contributed by atoms with E-state index >= 15 is 0 Å². The zero-order valence-electron chi connectivity index (χ0n) is 19.7. The molecule has 178 valence electrons. The Labute approximate surface area is 197 Å². The molecular formula is C26H28F2N4O2. The Bertz CT molecular complexity index is 1270. The molecule has 0 radical (unpaired) electrons. The number of alkyl halides is 2. The standard InChI is InChI=1S/C26H28F2N4O2/c1-5-20(31(4)16-33)24-30-19-10-9-18(11-12-26(3)14-29-15-26)13-21(19)32(24)23-17(2)7-6-8-22(23)34-25(27)28/h6-10,13,16,20,25,29H,5,14-15H2,1-4H3. The number of halogens is 2. The zero-order chi connectivity index (χ0) is 24.5. The number of fused-ring (bicyclic) bond motifs is 1. The Hall–Kier alpha value is -3.44. The van der Waals surface area contributed by atoms with Crippen molar-refractivity contribution in [2.45, 2.75) is 39.8 Å². The number of rotatable bonds is 7. The molecule has 1 aliphatic heterocycles. The Morgan fingerprint density at radius 3 is 2.71 bits per heavy atom. The highest BCUT2D eigenvalue weighted by molar-refractivity contribution is 5.81. The number of carbonyl (C=O) groups is 1. The highest BCUT2D eigenvalue weighted by atomic mass is 19.3. The molecule has 0 bridgehead atoms. The molecule has 2 heterocycles. The number of carbonyl (C=O) groups excluding carboxylic acids is 1. The molecule has 0 spiro atoms. The van der Waals surface area contributed by atoms with Gasteiger partial charge in [0, 0.05) is 25.7 Å². The maximum atomic E-state index is 13.3. The number of hydrogen-bond donors (Lipinski definition) is 1. The fourth-order valence-corrected chi connectivity index (χ4v) is 4.28. The van der Waals surface area contributed by atoms with Crippen molar-refractivity contribution in [1.82, 2.24) is 19.8 Å². The molecule has 1 unspecified atom stereocenters. The molecule has 1 saturated heterocycles. The minimum atomic E-state index is -2.98. The number of amides is 1. The molecule has 4 rings (SSSR count). The maximum absolute atomic E-state index is 13.3. The second-order valence-corrected chi connectivity index (χ2v) is 8.92. The first-order chi connectivity index (χ1) is 16.3. The quantitative estimate of drug-likeness (QED) is 0.413. The molecule has 1 aliphatic rings. The third-order valence-electron chi connectivity index (χ3n) is 6.20. The molecule has 0 aliphatic carbocycles. The van der Waals surface area contributed by atoms with Crippen molar-refractivity contribution in [1.29, 1.82) is 0 Å². The summed E-state index contributed by atoms with van der Waals surface area (Å²) in [6.07, 6.45) is 1.34. The molecule has 6 nitrogen and oxygen atoms in total. The number of aryl methyl sites for hydroxylation is 1. The Balaban J connectivity index is 1.98. The summed E-state index contributed by atoms with van der Waals surface area (Å²) in [4.78, 5) is 18.0. The molecule has 0 saturated carbocycles. The van der Waals surface area contributed by atoms with Crippen molar-refractivity contribution in [3.8, 4) is 23.3 Å². The van der Waals surface area contributed by atoms with Crippen LogP contribution >= 0.6 is 0 Å². The Morgan fingerprint density at radius 1 is 1.32 bits per heavy atom. The number of ether oxygens (including phenoxy) is 1. The van der Waals surface area contributed by atoms with Crippen molar-refractivity contribution < 1.29 is 18.3 Å². The number of aromatic nitrogens is 2. The van der Waals surface area contributed by atoms with Gasteiger partial charge in [-0.3, -0.25) is 9.36 Å². The molecule has 1 aromatic heterocycles. The van der Waals surface area contributed by atoms with Crippen molar-refractivity contribution in [2.24, 2.45) is 5.41 Å². The van der Waals surface area contributed by atoms with Crippen molar-refractivity contribution in [2.75, 3.05) is 20.1 Å². The third kappa shape index (κ3) is 4.48. The largest absolute Gasteiger partial charge is 0.433 e. The van der Waals surface area contributed by atoms with E-state index in [1.165, 1.54) is 11.0 Å². The first kappa shape index (κ1) is 23.7. The van der Waals surface area contributed by atoms with Crippen molar-refractivity contribution >= 4 is 17.4 Å². The van der Waals surface area contributed by atoms with Crippen LogP contribution in [0.5, 0.6) is 5.75 Å². The van der Waals surface area contributed by atoms with E-state index < -0.39 is 6.61 Å². The van der Waals surface area contributed by atoms with Gasteiger partial charge in [0.15, 0.2) is 0 Å². The molecule has 1 atom stereocenters. The van der Waals surface area contributed by atoms with Crippen molar-refractivity contribution in [3.05, 3.63) is 53.3 Å². The van der Waals surface area contributed by atoms with Crippen molar-refractivity contribution in [3.63, 3.8) is 0 Å². The molecule has 1 N–H and O–H groups in total. The van der Waals surface area contributed by atoms with Crippen LogP contribution in [-0.2, 0) is 4.79 Å². The minimum absolute atomic E-state index is 0.0451. The van der Waals surface area contributed by atoms with Crippen LogP contribution in [0.1, 0.15) is 43.3 Å². The number of imidazole rings is 1. The smallest absolute Gasteiger partial charge is 0.387 e. The van der Waals surface area contributed by atoms with E-state index in [0.29, 0.717) is 29.0 Å². The van der Waals surface area contributed by atoms with Crippen LogP contribution in [0.3, 0.4) is 0 Å². The average molecular weight is 467 g/mol. The van der Waals surface area contributed by atoms with E-state index in [9.17, 15) is 13.6 Å². The number of nitrogens with zero attached hydrogens (tertiary/aromatic N) is 3. The number of hydrogen-bond acceptors (Lipinski definition) is 4. The predicted octanol–water partition coefficient (Wildman–Crippen LogP) is 4.44. The van der Waals surface area contributed by atoms with Gasteiger partial charge in [-0.05, 0) is 50.1 Å². The number of para-hydroxylation sites is 1. The summed E-state index contributed by atoms with van der Waals surface area (Å²) < 4.78 is 33.3. The Kier molecular flexibility index (Phi) is 6.58. The fraction of sp³-hybridized carbons (Fsp3) is 0.385. The van der Waals surface area contributed by atoms with Crippen LogP contribution in [0.2, 0.25) is 0 Å². The SMILES string of the molecule is CCC(c1nc2ccc(C#CC3(C)CNC3)cc2n1-c1c(C)cccc1OC(F)F)N(C)C=O. The summed E-state index contributed by atoms with van der Waals surface area (Å²) in [7, 11) is 1.68. The Morgan fingerprint density at radius 2 is 2.09 bits per heavy atom. The van der Waals surface area contributed by atoms with Gasteiger partial charge in [-0.2, -0.15) is 8.78 Å².